The van der Waals surface area contributed by atoms with E-state index < -0.39 is 0 Å². The first kappa shape index (κ1) is 14.6. The van der Waals surface area contributed by atoms with Gasteiger partial charge in [0.05, 0.1) is 0 Å². The van der Waals surface area contributed by atoms with E-state index in [0.717, 1.165) is 24.4 Å². The van der Waals surface area contributed by atoms with Crippen molar-refractivity contribution in [2.24, 2.45) is 5.92 Å². The van der Waals surface area contributed by atoms with Gasteiger partial charge in [-0.15, -0.1) is 0 Å². The predicted octanol–water partition coefficient (Wildman–Crippen LogP) is 2.20. The summed E-state index contributed by atoms with van der Waals surface area (Å²) < 4.78 is 1.95. The molecule has 0 aromatic carbocycles. The number of nitrogens with one attached hydrogen (secondary N) is 2. The molecule has 0 radical (unpaired) electrons. The van der Waals surface area contributed by atoms with E-state index in [1.807, 2.05) is 37.6 Å². The van der Waals surface area contributed by atoms with Crippen LogP contribution >= 0.6 is 0 Å². The van der Waals surface area contributed by atoms with Crippen molar-refractivity contribution in [1.29, 1.82) is 0 Å². The van der Waals surface area contributed by atoms with Crippen molar-refractivity contribution in [1.82, 2.24) is 9.99 Å². The molecule has 1 heterocycles. The van der Waals surface area contributed by atoms with Crippen LogP contribution in [0.15, 0.2) is 12.1 Å². The number of aryl methyl sites for hydroxylation is 2. The van der Waals surface area contributed by atoms with Gasteiger partial charge in [0.1, 0.15) is 6.04 Å². The highest BCUT2D eigenvalue weighted by Gasteiger charge is 2.13. The summed E-state index contributed by atoms with van der Waals surface area (Å²) in [5.41, 5.74) is 5.41. The molecule has 0 saturated heterocycles. The van der Waals surface area contributed by atoms with Crippen LogP contribution in [-0.2, 0) is 4.79 Å². The third kappa shape index (κ3) is 4.09. The second-order valence-electron chi connectivity index (χ2n) is 5.28. The Bertz CT molecular complexity index is 376. The van der Waals surface area contributed by atoms with Crippen molar-refractivity contribution in [3.63, 3.8) is 0 Å². The Labute approximate surface area is 110 Å². The summed E-state index contributed by atoms with van der Waals surface area (Å²) in [5, 5.41) is 2.95. The van der Waals surface area contributed by atoms with Crippen LogP contribution in [0.4, 0.5) is 0 Å². The standard InChI is InChI=1S/C14H25N3O/c1-10(2)8-9-15-14(18)13(5)16-17-11(3)6-7-12(17)4/h6-7,10,13,16H,8-9H2,1-5H3,(H,15,18). The smallest absolute Gasteiger partial charge is 0.243 e. The van der Waals surface area contributed by atoms with Crippen LogP contribution < -0.4 is 10.7 Å². The fourth-order valence-electron chi connectivity index (χ4n) is 1.76. The Balaban J connectivity index is 2.45. The Hall–Kier alpha value is -1.45. The van der Waals surface area contributed by atoms with Gasteiger partial charge in [0, 0.05) is 17.9 Å². The zero-order valence-electron chi connectivity index (χ0n) is 12.1. The van der Waals surface area contributed by atoms with Crippen molar-refractivity contribution in [3.8, 4) is 0 Å². The first-order valence-corrected chi connectivity index (χ1v) is 6.61. The van der Waals surface area contributed by atoms with Crippen LogP contribution in [-0.4, -0.2) is 23.2 Å². The summed E-state index contributed by atoms with van der Waals surface area (Å²) in [6.45, 7) is 11.0. The number of hydrogen-bond donors (Lipinski definition) is 2. The molecule has 0 fully saturated rings. The highest BCUT2D eigenvalue weighted by atomic mass is 16.2. The summed E-state index contributed by atoms with van der Waals surface area (Å²) in [6.07, 6.45) is 1.01. The van der Waals surface area contributed by atoms with E-state index in [2.05, 4.69) is 24.6 Å². The lowest BCUT2D eigenvalue weighted by atomic mass is 10.1. The average Bonchev–Trinajstić information content (AvgIpc) is 2.60. The first-order chi connectivity index (χ1) is 8.41. The quantitative estimate of drug-likeness (QED) is 0.814. The van der Waals surface area contributed by atoms with Gasteiger partial charge in [-0.25, -0.2) is 0 Å². The molecule has 0 aliphatic rings. The molecule has 18 heavy (non-hydrogen) atoms. The lowest BCUT2D eigenvalue weighted by Crippen LogP contribution is -2.41. The van der Waals surface area contributed by atoms with E-state index in [4.69, 9.17) is 0 Å². The summed E-state index contributed by atoms with van der Waals surface area (Å²) in [4.78, 5) is 11.9. The van der Waals surface area contributed by atoms with Gasteiger partial charge in [-0.05, 0) is 45.2 Å². The molecule has 0 spiro atoms. The molecule has 1 amide bonds. The Morgan fingerprint density at radius 2 is 1.78 bits per heavy atom. The van der Waals surface area contributed by atoms with Gasteiger partial charge in [0.15, 0.2) is 0 Å². The fraction of sp³-hybridized carbons (Fsp3) is 0.643. The highest BCUT2D eigenvalue weighted by Crippen LogP contribution is 2.05. The normalized spacial score (nSPS) is 12.6. The summed E-state index contributed by atoms with van der Waals surface area (Å²) in [6, 6.07) is 3.83. The molecule has 4 heteroatoms. The number of aromatic nitrogens is 1. The molecular weight excluding hydrogens is 226 g/mol. The largest absolute Gasteiger partial charge is 0.354 e. The second-order valence-corrected chi connectivity index (χ2v) is 5.28. The third-order valence-electron chi connectivity index (χ3n) is 3.01. The average molecular weight is 251 g/mol. The molecule has 0 aliphatic carbocycles. The number of carbonyl (C=O) groups is 1. The molecule has 4 nitrogen and oxygen atoms in total. The lowest BCUT2D eigenvalue weighted by molar-refractivity contribution is -0.121. The van der Waals surface area contributed by atoms with Crippen molar-refractivity contribution in [3.05, 3.63) is 23.5 Å². The molecule has 0 saturated carbocycles. The summed E-state index contributed by atoms with van der Waals surface area (Å²) >= 11 is 0. The van der Waals surface area contributed by atoms with E-state index in [9.17, 15) is 4.79 Å². The number of hydrogen-bond acceptors (Lipinski definition) is 2. The van der Waals surface area contributed by atoms with Crippen LogP contribution in [0.3, 0.4) is 0 Å². The van der Waals surface area contributed by atoms with Crippen molar-refractivity contribution in [2.45, 2.75) is 47.1 Å². The number of carbonyl (C=O) groups excluding carboxylic acids is 1. The molecule has 1 atom stereocenters. The molecule has 0 bridgehead atoms. The maximum atomic E-state index is 11.9. The van der Waals surface area contributed by atoms with Gasteiger partial charge in [-0.1, -0.05) is 13.8 Å². The monoisotopic (exact) mass is 251 g/mol. The predicted molar refractivity (Wildman–Crippen MR) is 75.2 cm³/mol. The molecule has 0 aliphatic heterocycles. The fourth-order valence-corrected chi connectivity index (χ4v) is 1.76. The van der Waals surface area contributed by atoms with Crippen LogP contribution in [0.2, 0.25) is 0 Å². The van der Waals surface area contributed by atoms with Gasteiger partial charge < -0.3 is 10.7 Å². The van der Waals surface area contributed by atoms with Crippen LogP contribution in [0.25, 0.3) is 0 Å². The molecule has 1 aromatic rings. The topological polar surface area (TPSA) is 46.1 Å². The van der Waals surface area contributed by atoms with Gasteiger partial charge in [-0.3, -0.25) is 9.47 Å². The second kappa shape index (κ2) is 6.47. The van der Waals surface area contributed by atoms with Gasteiger partial charge in [-0.2, -0.15) is 0 Å². The minimum atomic E-state index is -0.234. The van der Waals surface area contributed by atoms with Crippen molar-refractivity contribution in [2.75, 3.05) is 12.0 Å². The van der Waals surface area contributed by atoms with Gasteiger partial charge >= 0.3 is 0 Å². The van der Waals surface area contributed by atoms with Crippen LogP contribution in [0.1, 0.15) is 38.6 Å². The van der Waals surface area contributed by atoms with E-state index in [0.29, 0.717) is 5.92 Å². The van der Waals surface area contributed by atoms with Crippen molar-refractivity contribution < 1.29 is 4.79 Å². The van der Waals surface area contributed by atoms with E-state index in [-0.39, 0.29) is 11.9 Å². The summed E-state index contributed by atoms with van der Waals surface area (Å²) in [7, 11) is 0. The minimum absolute atomic E-state index is 0.0446. The Kier molecular flexibility index (Phi) is 5.25. The highest BCUT2D eigenvalue weighted by molar-refractivity contribution is 5.82. The zero-order chi connectivity index (χ0) is 13.7. The van der Waals surface area contributed by atoms with Crippen LogP contribution in [0, 0.1) is 19.8 Å². The molecule has 102 valence electrons. The zero-order valence-corrected chi connectivity index (χ0v) is 12.1. The molecule has 1 aromatic heterocycles. The van der Waals surface area contributed by atoms with Gasteiger partial charge in [0.2, 0.25) is 5.91 Å². The number of rotatable bonds is 6. The number of amides is 1. The van der Waals surface area contributed by atoms with E-state index >= 15 is 0 Å². The summed E-state index contributed by atoms with van der Waals surface area (Å²) in [5.74, 6) is 0.658. The van der Waals surface area contributed by atoms with Crippen LogP contribution in [0.5, 0.6) is 0 Å². The maximum absolute atomic E-state index is 11.9. The molecule has 2 N–H and O–H groups in total. The number of nitrogens with zero attached hydrogens (tertiary/aromatic N) is 1. The molecule has 1 unspecified atom stereocenters. The third-order valence-corrected chi connectivity index (χ3v) is 3.01. The minimum Gasteiger partial charge on any atom is -0.354 e. The van der Waals surface area contributed by atoms with E-state index in [1.165, 1.54) is 0 Å². The van der Waals surface area contributed by atoms with E-state index in [1.54, 1.807) is 0 Å². The SMILES string of the molecule is Cc1ccc(C)n1NC(C)C(=O)NCCC(C)C. The van der Waals surface area contributed by atoms with Crippen molar-refractivity contribution >= 4 is 5.91 Å². The Morgan fingerprint density at radius 3 is 2.28 bits per heavy atom. The first-order valence-electron chi connectivity index (χ1n) is 6.61. The molecule has 1 rings (SSSR count). The molecular formula is C14H25N3O. The maximum Gasteiger partial charge on any atom is 0.243 e. The van der Waals surface area contributed by atoms with Gasteiger partial charge in [0.25, 0.3) is 0 Å². The lowest BCUT2D eigenvalue weighted by Gasteiger charge is -2.19. The Morgan fingerprint density at radius 1 is 1.22 bits per heavy atom.